The van der Waals surface area contributed by atoms with Crippen LogP contribution < -0.4 is 4.74 Å². The van der Waals surface area contributed by atoms with Gasteiger partial charge in [-0.1, -0.05) is 28.2 Å². The van der Waals surface area contributed by atoms with E-state index in [2.05, 4.69) is 9.37 Å². The van der Waals surface area contributed by atoms with E-state index in [1.165, 1.54) is 19.1 Å². The fraction of sp³-hybridized carbons (Fsp3) is 0.125. The molecule has 1 aromatic carbocycles. The smallest absolute Gasteiger partial charge is 0.308 e. The molecule has 1 rings (SSSR count). The van der Waals surface area contributed by atoms with Gasteiger partial charge in [-0.3, -0.25) is 4.79 Å². The normalized spacial score (nSPS) is 10.2. The Bertz CT molecular complexity index is 375. The van der Waals surface area contributed by atoms with Crippen LogP contribution in [-0.4, -0.2) is 11.2 Å². The lowest BCUT2D eigenvalue weighted by Gasteiger charge is -2.07. The Hall–Kier alpha value is -0.500. The third kappa shape index (κ3) is 3.82. The van der Waals surface area contributed by atoms with Gasteiger partial charge in [-0.05, 0) is 12.1 Å². The highest BCUT2D eigenvalue weighted by atomic mass is 35.5. The molecule has 0 bridgehead atoms. The maximum absolute atomic E-state index is 10.8. The van der Waals surface area contributed by atoms with E-state index in [-0.39, 0.29) is 15.8 Å². The molecule has 88 valence electrons. The largest absolute Gasteiger partial charge is 0.424 e. The molecule has 0 aliphatic heterocycles. The number of halogens is 2. The van der Waals surface area contributed by atoms with Crippen molar-refractivity contribution in [1.29, 1.82) is 0 Å². The van der Waals surface area contributed by atoms with Gasteiger partial charge in [0.25, 0.3) is 0 Å². The van der Waals surface area contributed by atoms with Crippen molar-refractivity contribution in [1.82, 2.24) is 0 Å². The number of esters is 1. The summed E-state index contributed by atoms with van der Waals surface area (Å²) in [5.41, 5.74) is 0. The number of carbonyl (C=O) groups excluding carboxylic acids is 1. The van der Waals surface area contributed by atoms with Crippen LogP contribution in [0.5, 0.6) is 5.75 Å². The Morgan fingerprint density at radius 2 is 1.94 bits per heavy atom. The van der Waals surface area contributed by atoms with Gasteiger partial charge in [-0.2, -0.15) is 0 Å². The van der Waals surface area contributed by atoms with E-state index in [1.54, 1.807) is 0 Å². The van der Waals surface area contributed by atoms with Crippen LogP contribution >= 0.6 is 35.2 Å². The molecule has 5 nitrogen and oxygen atoms in total. The SMILES string of the molecule is CC(=O)Oc1c(Cl)cc(SOOO)cc1Cl. The van der Waals surface area contributed by atoms with Crippen molar-refractivity contribution in [3.05, 3.63) is 22.2 Å². The van der Waals surface area contributed by atoms with Crippen molar-refractivity contribution < 1.29 is 24.2 Å². The average Bonchev–Trinajstić information content (AvgIpc) is 2.20. The molecule has 0 aromatic heterocycles. The molecular weight excluding hydrogens is 279 g/mol. The van der Waals surface area contributed by atoms with Gasteiger partial charge < -0.3 is 4.74 Å². The summed E-state index contributed by atoms with van der Waals surface area (Å²) < 4.78 is 9.00. The van der Waals surface area contributed by atoms with E-state index in [9.17, 15) is 4.79 Å². The Balaban J connectivity index is 2.93. The molecule has 0 atom stereocenters. The molecule has 1 aromatic rings. The Labute approximate surface area is 105 Å². The lowest BCUT2D eigenvalue weighted by atomic mass is 10.3. The van der Waals surface area contributed by atoms with Crippen molar-refractivity contribution in [2.45, 2.75) is 11.8 Å². The minimum atomic E-state index is -0.529. The van der Waals surface area contributed by atoms with Gasteiger partial charge in [0.1, 0.15) is 0 Å². The summed E-state index contributed by atoms with van der Waals surface area (Å²) >= 11 is 12.3. The van der Waals surface area contributed by atoms with Crippen LogP contribution in [0.15, 0.2) is 17.0 Å². The van der Waals surface area contributed by atoms with Crippen LogP contribution in [0.2, 0.25) is 10.0 Å². The topological polar surface area (TPSA) is 65.0 Å². The molecule has 0 fully saturated rings. The van der Waals surface area contributed by atoms with Crippen LogP contribution in [-0.2, 0) is 14.2 Å². The molecule has 0 amide bonds. The van der Waals surface area contributed by atoms with Crippen molar-refractivity contribution >= 4 is 41.2 Å². The molecule has 0 spiro atoms. The second-order valence-corrected chi connectivity index (χ2v) is 4.12. The van der Waals surface area contributed by atoms with Gasteiger partial charge in [-0.15, -0.1) is 4.33 Å². The van der Waals surface area contributed by atoms with E-state index < -0.39 is 5.97 Å². The van der Waals surface area contributed by atoms with Crippen LogP contribution in [0.25, 0.3) is 0 Å². The second kappa shape index (κ2) is 6.29. The van der Waals surface area contributed by atoms with Gasteiger partial charge >= 0.3 is 5.97 Å². The zero-order chi connectivity index (χ0) is 12.1. The molecule has 8 heteroatoms. The lowest BCUT2D eigenvalue weighted by Crippen LogP contribution is -2.02. The summed E-state index contributed by atoms with van der Waals surface area (Å²) in [5.74, 6) is -0.454. The predicted octanol–water partition coefficient (Wildman–Crippen LogP) is 3.35. The Morgan fingerprint density at radius 1 is 1.38 bits per heavy atom. The first-order valence-corrected chi connectivity index (χ1v) is 5.36. The maximum Gasteiger partial charge on any atom is 0.308 e. The maximum atomic E-state index is 10.8. The second-order valence-electron chi connectivity index (χ2n) is 2.54. The van der Waals surface area contributed by atoms with E-state index >= 15 is 0 Å². The Kier molecular flexibility index (Phi) is 5.33. The van der Waals surface area contributed by atoms with Crippen LogP contribution in [0.1, 0.15) is 6.92 Å². The Morgan fingerprint density at radius 3 is 2.38 bits per heavy atom. The molecule has 0 saturated heterocycles. The molecule has 0 unspecified atom stereocenters. The number of ether oxygens (including phenoxy) is 1. The molecule has 0 heterocycles. The number of hydrogen-bond acceptors (Lipinski definition) is 6. The van der Waals surface area contributed by atoms with Crippen molar-refractivity contribution in [2.24, 2.45) is 0 Å². The van der Waals surface area contributed by atoms with Crippen LogP contribution in [0.4, 0.5) is 0 Å². The summed E-state index contributed by atoms with van der Waals surface area (Å²) in [7, 11) is 0. The first-order valence-electron chi connectivity index (χ1n) is 3.87. The molecule has 0 radical (unpaired) electrons. The molecule has 1 N–H and O–H groups in total. The van der Waals surface area contributed by atoms with Crippen LogP contribution in [0, 0.1) is 0 Å². The summed E-state index contributed by atoms with van der Waals surface area (Å²) in [6, 6.07) is 2.88. The highest BCUT2D eigenvalue weighted by Crippen LogP contribution is 2.37. The first-order chi connectivity index (χ1) is 7.54. The van der Waals surface area contributed by atoms with Crippen molar-refractivity contribution in [2.75, 3.05) is 0 Å². The minimum absolute atomic E-state index is 0.0742. The minimum Gasteiger partial charge on any atom is -0.424 e. The predicted molar refractivity (Wildman–Crippen MR) is 58.4 cm³/mol. The monoisotopic (exact) mass is 284 g/mol. The summed E-state index contributed by atoms with van der Waals surface area (Å²) in [4.78, 5) is 11.2. The van der Waals surface area contributed by atoms with E-state index in [0.717, 1.165) is 0 Å². The quantitative estimate of drug-likeness (QED) is 0.301. The summed E-state index contributed by atoms with van der Waals surface area (Å²) in [5, 5.41) is 11.7. The van der Waals surface area contributed by atoms with Crippen LogP contribution in [0.3, 0.4) is 0 Å². The molecule has 16 heavy (non-hydrogen) atoms. The third-order valence-corrected chi connectivity index (χ3v) is 2.50. The van der Waals surface area contributed by atoms with E-state index in [0.29, 0.717) is 16.9 Å². The van der Waals surface area contributed by atoms with Crippen molar-refractivity contribution in [3.63, 3.8) is 0 Å². The standard InChI is InChI=1S/C8H6Cl2O5S/c1-4(11)13-8-6(9)2-5(3-7(8)10)16-15-14-12/h2-3,12H,1H3. The first kappa shape index (κ1) is 13.6. The lowest BCUT2D eigenvalue weighted by molar-refractivity contribution is -0.432. The number of rotatable bonds is 4. The fourth-order valence-electron chi connectivity index (χ4n) is 0.880. The number of benzene rings is 1. The van der Waals surface area contributed by atoms with Crippen molar-refractivity contribution in [3.8, 4) is 5.75 Å². The average molecular weight is 285 g/mol. The molecular formula is C8H6Cl2O5S. The molecule has 0 saturated carbocycles. The zero-order valence-electron chi connectivity index (χ0n) is 7.90. The van der Waals surface area contributed by atoms with Gasteiger partial charge in [0.05, 0.1) is 22.1 Å². The van der Waals surface area contributed by atoms with E-state index in [1.807, 2.05) is 0 Å². The number of carbonyl (C=O) groups is 1. The zero-order valence-corrected chi connectivity index (χ0v) is 10.2. The fourth-order valence-corrected chi connectivity index (χ4v) is 2.02. The third-order valence-electron chi connectivity index (χ3n) is 1.38. The summed E-state index contributed by atoms with van der Waals surface area (Å²) in [6.07, 6.45) is 0. The molecule has 0 aliphatic carbocycles. The van der Waals surface area contributed by atoms with Gasteiger partial charge in [0.2, 0.25) is 0 Å². The van der Waals surface area contributed by atoms with Gasteiger partial charge in [0, 0.05) is 11.8 Å². The van der Waals surface area contributed by atoms with E-state index in [4.69, 9.17) is 33.2 Å². The summed E-state index contributed by atoms with van der Waals surface area (Å²) in [6.45, 7) is 1.23. The highest BCUT2D eigenvalue weighted by Gasteiger charge is 2.12. The number of hydrogen-bond donors (Lipinski definition) is 1. The molecule has 0 aliphatic rings. The van der Waals surface area contributed by atoms with Gasteiger partial charge in [-0.25, -0.2) is 5.26 Å². The van der Waals surface area contributed by atoms with Gasteiger partial charge in [0.15, 0.2) is 5.75 Å². The highest BCUT2D eigenvalue weighted by molar-refractivity contribution is 7.94.